The van der Waals surface area contributed by atoms with Crippen molar-refractivity contribution in [1.82, 2.24) is 0 Å². The maximum absolute atomic E-state index is 11.6. The van der Waals surface area contributed by atoms with Gasteiger partial charge in [-0.3, -0.25) is 4.79 Å². The first kappa shape index (κ1) is 24.0. The van der Waals surface area contributed by atoms with E-state index in [4.69, 9.17) is 5.11 Å². The molecule has 4 nitrogen and oxygen atoms in total. The van der Waals surface area contributed by atoms with E-state index in [1.54, 1.807) is 6.08 Å². The van der Waals surface area contributed by atoms with Crippen LogP contribution in [0.5, 0.6) is 0 Å². The summed E-state index contributed by atoms with van der Waals surface area (Å²) in [6.07, 6.45) is 17.3. The van der Waals surface area contributed by atoms with Gasteiger partial charge in [0.2, 0.25) is 0 Å². The molecule has 0 aromatic rings. The Bertz CT molecular complexity index is 744. The second-order valence-corrected chi connectivity index (χ2v) is 12.1. The number of carbonyl (C=O) groups is 1. The van der Waals surface area contributed by atoms with Crippen molar-refractivity contribution in [2.24, 2.45) is 46.3 Å². The third-order valence-electron chi connectivity index (χ3n) is 10.7. The number of carboxylic acids is 1. The minimum absolute atomic E-state index is 0.00491. The summed E-state index contributed by atoms with van der Waals surface area (Å²) in [5.41, 5.74) is 0.296. The lowest BCUT2D eigenvalue weighted by Gasteiger charge is -2.62. The van der Waals surface area contributed by atoms with Crippen molar-refractivity contribution in [1.29, 1.82) is 0 Å². The molecule has 0 heterocycles. The zero-order valence-corrected chi connectivity index (χ0v) is 20.2. The molecule has 4 aliphatic rings. The summed E-state index contributed by atoms with van der Waals surface area (Å²) < 4.78 is 0. The SMILES string of the molecule is CC(CC=CC=CCC(=O)O)[C@H]1CC[C@H]2[C@@H]3CC[C@@H]4C[C@H](O)CC[C@]4(C)[C@H]3C[C@H](O)[C@]12C. The van der Waals surface area contributed by atoms with Crippen molar-refractivity contribution in [3.63, 3.8) is 0 Å². The Morgan fingerprint density at radius 3 is 2.50 bits per heavy atom. The van der Waals surface area contributed by atoms with Crippen LogP contribution in [-0.2, 0) is 4.79 Å². The van der Waals surface area contributed by atoms with E-state index in [2.05, 4.69) is 26.8 Å². The van der Waals surface area contributed by atoms with Crippen LogP contribution in [0.3, 0.4) is 0 Å². The number of hydrogen-bond donors (Lipinski definition) is 3. The van der Waals surface area contributed by atoms with E-state index in [1.165, 1.54) is 25.7 Å². The second kappa shape index (κ2) is 9.25. The molecule has 4 fully saturated rings. The number of aliphatic hydroxyl groups excluding tert-OH is 2. The number of fused-ring (bicyclic) bond motifs is 5. The monoisotopic (exact) mass is 444 g/mol. The third-order valence-corrected chi connectivity index (χ3v) is 10.7. The Kier molecular flexibility index (Phi) is 6.94. The van der Waals surface area contributed by atoms with Crippen LogP contribution in [0.25, 0.3) is 0 Å². The maximum atomic E-state index is 11.6. The van der Waals surface area contributed by atoms with Crippen LogP contribution in [0.1, 0.15) is 85.0 Å². The van der Waals surface area contributed by atoms with Crippen molar-refractivity contribution < 1.29 is 20.1 Å². The summed E-state index contributed by atoms with van der Waals surface area (Å²) in [6, 6.07) is 0. The van der Waals surface area contributed by atoms with Crippen LogP contribution in [-0.4, -0.2) is 33.5 Å². The van der Waals surface area contributed by atoms with Gasteiger partial charge >= 0.3 is 5.97 Å². The molecule has 10 atom stereocenters. The Morgan fingerprint density at radius 2 is 1.75 bits per heavy atom. The van der Waals surface area contributed by atoms with Gasteiger partial charge in [0.05, 0.1) is 18.6 Å². The van der Waals surface area contributed by atoms with Gasteiger partial charge in [-0.1, -0.05) is 45.1 Å². The third kappa shape index (κ3) is 4.11. The highest BCUT2D eigenvalue weighted by atomic mass is 16.4. The summed E-state index contributed by atoms with van der Waals surface area (Å²) in [5.74, 6) is 2.82. The van der Waals surface area contributed by atoms with E-state index in [1.807, 2.05) is 12.2 Å². The molecule has 32 heavy (non-hydrogen) atoms. The summed E-state index contributed by atoms with van der Waals surface area (Å²) >= 11 is 0. The van der Waals surface area contributed by atoms with Crippen LogP contribution >= 0.6 is 0 Å². The van der Waals surface area contributed by atoms with Gasteiger partial charge < -0.3 is 15.3 Å². The molecule has 0 radical (unpaired) electrons. The van der Waals surface area contributed by atoms with Gasteiger partial charge in [-0.15, -0.1) is 0 Å². The molecule has 4 heteroatoms. The largest absolute Gasteiger partial charge is 0.481 e. The van der Waals surface area contributed by atoms with Crippen LogP contribution in [0, 0.1) is 46.3 Å². The van der Waals surface area contributed by atoms with E-state index < -0.39 is 5.97 Å². The molecular weight excluding hydrogens is 400 g/mol. The average Bonchev–Trinajstić information content (AvgIpc) is 3.10. The van der Waals surface area contributed by atoms with Crippen molar-refractivity contribution in [3.8, 4) is 0 Å². The first-order chi connectivity index (χ1) is 15.2. The zero-order chi connectivity index (χ0) is 23.1. The van der Waals surface area contributed by atoms with E-state index in [0.29, 0.717) is 35.0 Å². The van der Waals surface area contributed by atoms with E-state index in [9.17, 15) is 15.0 Å². The zero-order valence-electron chi connectivity index (χ0n) is 20.2. The number of hydrogen-bond acceptors (Lipinski definition) is 3. The van der Waals surface area contributed by atoms with Crippen molar-refractivity contribution >= 4 is 5.97 Å². The van der Waals surface area contributed by atoms with Crippen molar-refractivity contribution in [2.45, 2.75) is 97.2 Å². The molecule has 0 aromatic carbocycles. The molecular formula is C28H44O4. The molecule has 0 spiro atoms. The molecule has 1 unspecified atom stereocenters. The van der Waals surface area contributed by atoms with Crippen molar-refractivity contribution in [2.75, 3.05) is 0 Å². The van der Waals surface area contributed by atoms with Gasteiger partial charge in [0.1, 0.15) is 0 Å². The fourth-order valence-electron chi connectivity index (χ4n) is 8.94. The molecule has 0 aliphatic heterocycles. The average molecular weight is 445 g/mol. The quantitative estimate of drug-likeness (QED) is 0.467. The fraction of sp³-hybridized carbons (Fsp3) is 0.821. The highest BCUT2D eigenvalue weighted by Gasteiger charge is 2.63. The molecule has 0 aromatic heterocycles. The standard InChI is InChI=1S/C28H44O4/c1-18(8-6-4-5-7-9-26(31)32)22-12-13-23-21-11-10-19-16-20(29)14-15-27(19,2)24(21)17-25(30)28(22,23)3/h4-7,18-25,29-30H,8-17H2,1-3H3,(H,31,32)/t18?,19-,20-,21+,22-,23+,24+,25+,27+,28-/m1/s1. The second-order valence-electron chi connectivity index (χ2n) is 12.1. The van der Waals surface area contributed by atoms with Gasteiger partial charge in [0, 0.05) is 0 Å². The highest BCUT2D eigenvalue weighted by Crippen LogP contribution is 2.68. The molecule has 0 saturated heterocycles. The van der Waals surface area contributed by atoms with E-state index in [0.717, 1.165) is 38.0 Å². The van der Waals surface area contributed by atoms with Gasteiger partial charge in [-0.25, -0.2) is 0 Å². The lowest BCUT2D eigenvalue weighted by atomic mass is 9.43. The highest BCUT2D eigenvalue weighted by molar-refractivity contribution is 5.68. The molecule has 4 aliphatic carbocycles. The topological polar surface area (TPSA) is 77.8 Å². The van der Waals surface area contributed by atoms with Gasteiger partial charge in [-0.2, -0.15) is 0 Å². The lowest BCUT2D eigenvalue weighted by Crippen LogP contribution is -2.58. The molecule has 0 bridgehead atoms. The number of rotatable bonds is 6. The van der Waals surface area contributed by atoms with Crippen molar-refractivity contribution in [3.05, 3.63) is 24.3 Å². The summed E-state index contributed by atoms with van der Waals surface area (Å²) in [4.78, 5) is 10.6. The predicted octanol–water partition coefficient (Wildman–Crippen LogP) is 5.59. The number of carboxylic acid groups (broad SMARTS) is 1. The van der Waals surface area contributed by atoms with E-state index >= 15 is 0 Å². The fourth-order valence-corrected chi connectivity index (χ4v) is 8.94. The molecule has 4 saturated carbocycles. The summed E-state index contributed by atoms with van der Waals surface area (Å²) in [6.45, 7) is 7.21. The van der Waals surface area contributed by atoms with Gasteiger partial charge in [0.15, 0.2) is 0 Å². The minimum Gasteiger partial charge on any atom is -0.481 e. The normalized spacial score (nSPS) is 47.2. The molecule has 180 valence electrons. The summed E-state index contributed by atoms with van der Waals surface area (Å²) in [5, 5.41) is 30.6. The maximum Gasteiger partial charge on any atom is 0.307 e. The smallest absolute Gasteiger partial charge is 0.307 e. The Labute approximate surface area is 194 Å². The van der Waals surface area contributed by atoms with Gasteiger partial charge in [-0.05, 0) is 104 Å². The molecule has 4 rings (SSSR count). The number of aliphatic carboxylic acids is 1. The Hall–Kier alpha value is -1.13. The first-order valence-corrected chi connectivity index (χ1v) is 13.1. The Balaban J connectivity index is 1.45. The van der Waals surface area contributed by atoms with Crippen LogP contribution in [0.2, 0.25) is 0 Å². The minimum atomic E-state index is -0.801. The van der Waals surface area contributed by atoms with E-state index in [-0.39, 0.29) is 24.0 Å². The number of allylic oxidation sites excluding steroid dienone is 3. The van der Waals surface area contributed by atoms with Crippen LogP contribution in [0.15, 0.2) is 24.3 Å². The first-order valence-electron chi connectivity index (χ1n) is 13.1. The van der Waals surface area contributed by atoms with Crippen LogP contribution in [0.4, 0.5) is 0 Å². The summed E-state index contributed by atoms with van der Waals surface area (Å²) in [7, 11) is 0. The Morgan fingerprint density at radius 1 is 1.00 bits per heavy atom. The predicted molar refractivity (Wildman–Crippen MR) is 127 cm³/mol. The van der Waals surface area contributed by atoms with Gasteiger partial charge in [0.25, 0.3) is 0 Å². The lowest BCUT2D eigenvalue weighted by molar-refractivity contribution is -0.174. The van der Waals surface area contributed by atoms with Crippen LogP contribution < -0.4 is 0 Å². The molecule has 3 N–H and O–H groups in total. The number of aliphatic hydroxyl groups is 2. The molecule has 0 amide bonds.